The first-order valence-corrected chi connectivity index (χ1v) is 11.0. The van der Waals surface area contributed by atoms with Gasteiger partial charge >= 0.3 is 0 Å². The molecule has 1 aliphatic rings. The standard InChI is InChI=1S/C23H25N3O4S/c1-12-6-7-13(2)19(10-12)29-11-18-16(5)30-25-20(18)22(28)26(17-8-9-17)23-24-14(3)21(31-23)15(4)27/h6-7,10,17H,8-9,11H2,1-5H3. The van der Waals surface area contributed by atoms with Gasteiger partial charge in [-0.3, -0.25) is 14.5 Å². The van der Waals surface area contributed by atoms with E-state index in [1.807, 2.05) is 32.0 Å². The number of Topliss-reactive ketones (excluding diaryl/α,β-unsaturated/α-hetero) is 1. The van der Waals surface area contributed by atoms with E-state index in [-0.39, 0.29) is 30.0 Å². The van der Waals surface area contributed by atoms with Gasteiger partial charge in [-0.2, -0.15) is 0 Å². The van der Waals surface area contributed by atoms with Gasteiger partial charge in [-0.05, 0) is 57.7 Å². The number of thiazole rings is 1. The molecule has 1 saturated carbocycles. The Labute approximate surface area is 185 Å². The number of benzene rings is 1. The second-order valence-corrected chi connectivity index (χ2v) is 8.97. The molecule has 4 rings (SSSR count). The summed E-state index contributed by atoms with van der Waals surface area (Å²) in [5.74, 6) is 0.982. The Bertz CT molecular complexity index is 1160. The Morgan fingerprint density at radius 1 is 1.23 bits per heavy atom. The number of hydrogen-bond acceptors (Lipinski definition) is 7. The van der Waals surface area contributed by atoms with E-state index in [0.717, 1.165) is 29.7 Å². The van der Waals surface area contributed by atoms with E-state index in [2.05, 4.69) is 10.1 Å². The lowest BCUT2D eigenvalue weighted by Crippen LogP contribution is -2.34. The third-order valence-corrected chi connectivity index (χ3v) is 6.60. The van der Waals surface area contributed by atoms with E-state index < -0.39 is 0 Å². The first-order valence-electron chi connectivity index (χ1n) is 10.2. The van der Waals surface area contributed by atoms with Crippen LogP contribution in [-0.2, 0) is 6.61 Å². The maximum atomic E-state index is 13.5. The van der Waals surface area contributed by atoms with Crippen LogP contribution in [0.5, 0.6) is 5.75 Å². The number of carbonyl (C=O) groups excluding carboxylic acids is 2. The zero-order valence-electron chi connectivity index (χ0n) is 18.3. The van der Waals surface area contributed by atoms with Crippen molar-refractivity contribution in [3.63, 3.8) is 0 Å². The largest absolute Gasteiger partial charge is 0.488 e. The maximum absolute atomic E-state index is 13.5. The first kappa shape index (κ1) is 21.2. The van der Waals surface area contributed by atoms with Gasteiger partial charge in [0.15, 0.2) is 16.6 Å². The van der Waals surface area contributed by atoms with Crippen molar-refractivity contribution in [3.05, 3.63) is 56.9 Å². The predicted molar refractivity (Wildman–Crippen MR) is 118 cm³/mol. The molecular weight excluding hydrogens is 414 g/mol. The number of aromatic nitrogens is 2. The molecule has 0 atom stereocenters. The number of carbonyl (C=O) groups is 2. The van der Waals surface area contributed by atoms with Gasteiger partial charge in [0.1, 0.15) is 18.1 Å². The number of aryl methyl sites for hydroxylation is 4. The Morgan fingerprint density at radius 2 is 1.97 bits per heavy atom. The third-order valence-electron chi connectivity index (χ3n) is 5.34. The van der Waals surface area contributed by atoms with Crippen LogP contribution in [0.25, 0.3) is 0 Å². The smallest absolute Gasteiger partial charge is 0.282 e. The van der Waals surface area contributed by atoms with E-state index in [0.29, 0.717) is 27.0 Å². The lowest BCUT2D eigenvalue weighted by Gasteiger charge is -2.18. The van der Waals surface area contributed by atoms with Gasteiger partial charge in [0, 0.05) is 13.0 Å². The van der Waals surface area contributed by atoms with Crippen molar-refractivity contribution in [1.82, 2.24) is 10.1 Å². The molecule has 0 spiro atoms. The fraction of sp³-hybridized carbons (Fsp3) is 0.391. The molecular formula is C23H25N3O4S. The zero-order valence-corrected chi connectivity index (χ0v) is 19.1. The second kappa shape index (κ2) is 8.26. The molecule has 0 bridgehead atoms. The van der Waals surface area contributed by atoms with Crippen molar-refractivity contribution >= 4 is 28.2 Å². The zero-order chi connectivity index (χ0) is 22.3. The molecule has 8 heteroatoms. The number of hydrogen-bond donors (Lipinski definition) is 0. The fourth-order valence-electron chi connectivity index (χ4n) is 3.41. The molecule has 1 amide bonds. The summed E-state index contributed by atoms with van der Waals surface area (Å²) >= 11 is 1.25. The van der Waals surface area contributed by atoms with E-state index in [9.17, 15) is 9.59 Å². The number of amides is 1. The average Bonchev–Trinajstić information content (AvgIpc) is 3.37. The number of nitrogens with zero attached hydrogens (tertiary/aromatic N) is 3. The van der Waals surface area contributed by atoms with Crippen LogP contribution < -0.4 is 9.64 Å². The molecule has 0 radical (unpaired) electrons. The van der Waals surface area contributed by atoms with Crippen molar-refractivity contribution in [1.29, 1.82) is 0 Å². The van der Waals surface area contributed by atoms with E-state index in [1.165, 1.54) is 18.3 Å². The Morgan fingerprint density at radius 3 is 2.61 bits per heavy atom. The normalized spacial score (nSPS) is 13.3. The minimum absolute atomic E-state index is 0.0515. The molecule has 2 heterocycles. The molecule has 3 aromatic rings. The van der Waals surface area contributed by atoms with Crippen LogP contribution in [0.2, 0.25) is 0 Å². The number of ether oxygens (including phenoxy) is 1. The Balaban J connectivity index is 1.63. The minimum Gasteiger partial charge on any atom is -0.488 e. The molecule has 2 aromatic heterocycles. The summed E-state index contributed by atoms with van der Waals surface area (Å²) in [6.45, 7) is 9.23. The van der Waals surface area contributed by atoms with Gasteiger partial charge in [-0.1, -0.05) is 28.6 Å². The van der Waals surface area contributed by atoms with Crippen LogP contribution >= 0.6 is 11.3 Å². The van der Waals surface area contributed by atoms with Crippen LogP contribution in [0, 0.1) is 27.7 Å². The number of anilines is 1. The molecule has 1 aromatic carbocycles. The summed E-state index contributed by atoms with van der Waals surface area (Å²) in [5.41, 5.74) is 3.60. The van der Waals surface area contributed by atoms with Gasteiger partial charge < -0.3 is 9.26 Å². The quantitative estimate of drug-likeness (QED) is 0.484. The van der Waals surface area contributed by atoms with Crippen LogP contribution in [0.1, 0.15) is 68.1 Å². The monoisotopic (exact) mass is 439 g/mol. The number of rotatable bonds is 7. The van der Waals surface area contributed by atoms with Gasteiger partial charge in [-0.25, -0.2) is 4.98 Å². The molecule has 0 aliphatic heterocycles. The fourth-order valence-corrected chi connectivity index (χ4v) is 4.44. The molecule has 162 valence electrons. The van der Waals surface area contributed by atoms with Crippen LogP contribution in [0.3, 0.4) is 0 Å². The van der Waals surface area contributed by atoms with Crippen molar-refractivity contribution < 1.29 is 18.8 Å². The summed E-state index contributed by atoms with van der Waals surface area (Å²) < 4.78 is 11.4. The topological polar surface area (TPSA) is 85.5 Å². The predicted octanol–water partition coefficient (Wildman–Crippen LogP) is 4.96. The molecule has 0 N–H and O–H groups in total. The lowest BCUT2D eigenvalue weighted by molar-refractivity contribution is 0.0972. The average molecular weight is 440 g/mol. The molecule has 0 unspecified atom stereocenters. The van der Waals surface area contributed by atoms with Crippen molar-refractivity contribution in [2.45, 2.75) is 60.1 Å². The highest BCUT2D eigenvalue weighted by atomic mass is 32.1. The third kappa shape index (κ3) is 4.25. The van der Waals surface area contributed by atoms with Gasteiger partial charge in [0.25, 0.3) is 5.91 Å². The summed E-state index contributed by atoms with van der Waals surface area (Å²) in [4.78, 5) is 32.1. The lowest BCUT2D eigenvalue weighted by atomic mass is 10.1. The first-order chi connectivity index (χ1) is 14.8. The molecule has 1 fully saturated rings. The SMILES string of the molecule is CC(=O)c1sc(N(C(=O)c2noc(C)c2COc2cc(C)ccc2C)C2CC2)nc1C. The highest BCUT2D eigenvalue weighted by Crippen LogP contribution is 2.37. The van der Waals surface area contributed by atoms with E-state index in [1.54, 1.807) is 18.7 Å². The molecule has 7 nitrogen and oxygen atoms in total. The molecule has 0 saturated heterocycles. The Hall–Kier alpha value is -3.00. The summed E-state index contributed by atoms with van der Waals surface area (Å²) in [5, 5.41) is 4.58. The summed E-state index contributed by atoms with van der Waals surface area (Å²) in [7, 11) is 0. The van der Waals surface area contributed by atoms with Crippen molar-refractivity contribution in [3.8, 4) is 5.75 Å². The van der Waals surface area contributed by atoms with Gasteiger partial charge in [-0.15, -0.1) is 0 Å². The summed E-state index contributed by atoms with van der Waals surface area (Å²) in [6, 6.07) is 6.06. The molecule has 1 aliphatic carbocycles. The van der Waals surface area contributed by atoms with E-state index in [4.69, 9.17) is 9.26 Å². The molecule has 31 heavy (non-hydrogen) atoms. The highest BCUT2D eigenvalue weighted by molar-refractivity contribution is 7.17. The van der Waals surface area contributed by atoms with Crippen molar-refractivity contribution in [2.24, 2.45) is 0 Å². The Kier molecular flexibility index (Phi) is 5.66. The second-order valence-electron chi connectivity index (χ2n) is 8.00. The van der Waals surface area contributed by atoms with Crippen LogP contribution in [-0.4, -0.2) is 27.9 Å². The van der Waals surface area contributed by atoms with Crippen molar-refractivity contribution in [2.75, 3.05) is 4.90 Å². The van der Waals surface area contributed by atoms with Crippen LogP contribution in [0.4, 0.5) is 5.13 Å². The van der Waals surface area contributed by atoms with Gasteiger partial charge in [0.2, 0.25) is 0 Å². The number of ketones is 1. The summed E-state index contributed by atoms with van der Waals surface area (Å²) in [6.07, 6.45) is 1.79. The highest BCUT2D eigenvalue weighted by Gasteiger charge is 2.39. The van der Waals surface area contributed by atoms with Crippen LogP contribution in [0.15, 0.2) is 22.7 Å². The maximum Gasteiger partial charge on any atom is 0.282 e. The van der Waals surface area contributed by atoms with E-state index >= 15 is 0 Å². The van der Waals surface area contributed by atoms with Gasteiger partial charge in [0.05, 0.1) is 16.1 Å². The minimum atomic E-state index is -0.275.